The van der Waals surface area contributed by atoms with Crippen LogP contribution in [-0.2, 0) is 6.42 Å². The number of fused-ring (bicyclic) bond motifs is 1. The molecule has 2 aromatic carbocycles. The Hall–Kier alpha value is -1.52. The first-order valence-corrected chi connectivity index (χ1v) is 7.59. The summed E-state index contributed by atoms with van der Waals surface area (Å²) < 4.78 is 18.9. The molecular formula is C16H16FNOS. The number of para-hydroxylation sites is 1. The molecule has 20 heavy (non-hydrogen) atoms. The average molecular weight is 289 g/mol. The molecule has 104 valence electrons. The Morgan fingerprint density at radius 1 is 1.20 bits per heavy atom. The summed E-state index contributed by atoms with van der Waals surface area (Å²) in [6, 6.07) is 14.4. The topological polar surface area (TPSA) is 35.2 Å². The molecule has 1 heterocycles. The Balaban J connectivity index is 1.67. The molecule has 2 nitrogen and oxygen atoms in total. The summed E-state index contributed by atoms with van der Waals surface area (Å²) in [5.41, 5.74) is 7.28. The van der Waals surface area contributed by atoms with Gasteiger partial charge in [-0.3, -0.25) is 0 Å². The van der Waals surface area contributed by atoms with Gasteiger partial charge in [-0.05, 0) is 36.2 Å². The molecule has 0 spiro atoms. The highest BCUT2D eigenvalue weighted by Gasteiger charge is 2.25. The first kappa shape index (κ1) is 13.5. The van der Waals surface area contributed by atoms with E-state index in [4.69, 9.17) is 10.5 Å². The maximum absolute atomic E-state index is 12.9. The van der Waals surface area contributed by atoms with Crippen molar-refractivity contribution in [3.05, 3.63) is 59.9 Å². The molecule has 1 aliphatic rings. The zero-order chi connectivity index (χ0) is 13.9. The third kappa shape index (κ3) is 2.97. The largest absolute Gasteiger partial charge is 0.487 e. The molecule has 2 atom stereocenters. The van der Waals surface area contributed by atoms with Crippen LogP contribution in [-0.4, -0.2) is 17.9 Å². The van der Waals surface area contributed by atoms with E-state index in [1.54, 1.807) is 23.9 Å². The lowest BCUT2D eigenvalue weighted by molar-refractivity contribution is 0.184. The van der Waals surface area contributed by atoms with E-state index in [0.717, 1.165) is 22.0 Å². The number of rotatable bonds is 3. The van der Waals surface area contributed by atoms with E-state index in [2.05, 4.69) is 6.07 Å². The van der Waals surface area contributed by atoms with Crippen molar-refractivity contribution < 1.29 is 9.13 Å². The van der Waals surface area contributed by atoms with Crippen molar-refractivity contribution >= 4 is 11.8 Å². The number of hydrogen-bond acceptors (Lipinski definition) is 3. The van der Waals surface area contributed by atoms with Crippen LogP contribution in [0.3, 0.4) is 0 Å². The molecule has 0 saturated carbocycles. The Kier molecular flexibility index (Phi) is 3.94. The van der Waals surface area contributed by atoms with Crippen LogP contribution in [0.2, 0.25) is 0 Å². The lowest BCUT2D eigenvalue weighted by Gasteiger charge is -2.29. The molecule has 2 unspecified atom stereocenters. The zero-order valence-corrected chi connectivity index (χ0v) is 11.8. The van der Waals surface area contributed by atoms with Gasteiger partial charge in [-0.2, -0.15) is 0 Å². The molecular weight excluding hydrogens is 273 g/mol. The minimum absolute atomic E-state index is 0.0139. The fourth-order valence-electron chi connectivity index (χ4n) is 2.27. The molecule has 0 aliphatic carbocycles. The molecule has 1 aliphatic heterocycles. The molecule has 0 fully saturated rings. The van der Waals surface area contributed by atoms with Crippen molar-refractivity contribution in [1.82, 2.24) is 0 Å². The minimum Gasteiger partial charge on any atom is -0.487 e. The van der Waals surface area contributed by atoms with Crippen molar-refractivity contribution in [3.63, 3.8) is 0 Å². The smallest absolute Gasteiger partial charge is 0.133 e. The summed E-state index contributed by atoms with van der Waals surface area (Å²) in [6.45, 7) is 0. The van der Waals surface area contributed by atoms with Crippen molar-refractivity contribution in [2.45, 2.75) is 23.5 Å². The Morgan fingerprint density at radius 3 is 2.75 bits per heavy atom. The zero-order valence-electron chi connectivity index (χ0n) is 11.0. The summed E-state index contributed by atoms with van der Waals surface area (Å²) in [5, 5.41) is 0. The van der Waals surface area contributed by atoms with Gasteiger partial charge in [0.05, 0.1) is 0 Å². The third-order valence-corrected chi connectivity index (χ3v) is 4.54. The van der Waals surface area contributed by atoms with Crippen molar-refractivity contribution in [2.75, 3.05) is 5.75 Å². The SMILES string of the molecule is NC(Cc1ccc(F)cc1)C1CSc2ccccc2O1. The second-order valence-corrected chi connectivity index (χ2v) is 5.97. The molecule has 0 saturated heterocycles. The van der Waals surface area contributed by atoms with E-state index < -0.39 is 0 Å². The predicted molar refractivity (Wildman–Crippen MR) is 79.7 cm³/mol. The minimum atomic E-state index is -0.222. The number of hydrogen-bond donors (Lipinski definition) is 1. The van der Waals surface area contributed by atoms with Crippen molar-refractivity contribution in [3.8, 4) is 5.75 Å². The van der Waals surface area contributed by atoms with Gasteiger partial charge in [-0.1, -0.05) is 24.3 Å². The number of thioether (sulfide) groups is 1. The van der Waals surface area contributed by atoms with E-state index in [0.29, 0.717) is 6.42 Å². The maximum Gasteiger partial charge on any atom is 0.133 e. The molecule has 2 N–H and O–H groups in total. The predicted octanol–water partition coefficient (Wildman–Crippen LogP) is 3.25. The fourth-order valence-corrected chi connectivity index (χ4v) is 3.36. The van der Waals surface area contributed by atoms with E-state index in [1.165, 1.54) is 12.1 Å². The molecule has 0 bridgehead atoms. The molecule has 3 rings (SSSR count). The number of nitrogens with two attached hydrogens (primary N) is 1. The van der Waals surface area contributed by atoms with Crippen LogP contribution in [0.1, 0.15) is 5.56 Å². The highest BCUT2D eigenvalue weighted by molar-refractivity contribution is 7.99. The van der Waals surface area contributed by atoms with Gasteiger partial charge in [0, 0.05) is 16.7 Å². The summed E-state index contributed by atoms with van der Waals surface area (Å²) in [6.07, 6.45) is 0.674. The third-order valence-electron chi connectivity index (χ3n) is 3.39. The molecule has 4 heteroatoms. The van der Waals surface area contributed by atoms with Gasteiger partial charge in [-0.15, -0.1) is 11.8 Å². The molecule has 2 aromatic rings. The van der Waals surface area contributed by atoms with Crippen LogP contribution in [0.4, 0.5) is 4.39 Å². The summed E-state index contributed by atoms with van der Waals surface area (Å²) >= 11 is 1.77. The van der Waals surface area contributed by atoms with Gasteiger partial charge < -0.3 is 10.5 Å². The van der Waals surface area contributed by atoms with Gasteiger partial charge in [-0.25, -0.2) is 4.39 Å². The number of ether oxygens (including phenoxy) is 1. The highest BCUT2D eigenvalue weighted by atomic mass is 32.2. The van der Waals surface area contributed by atoms with Gasteiger partial charge in [0.2, 0.25) is 0 Å². The maximum atomic E-state index is 12.9. The van der Waals surface area contributed by atoms with Gasteiger partial charge in [0.15, 0.2) is 0 Å². The van der Waals surface area contributed by atoms with Gasteiger partial charge >= 0.3 is 0 Å². The lowest BCUT2D eigenvalue weighted by atomic mass is 10.0. The van der Waals surface area contributed by atoms with Gasteiger partial charge in [0.25, 0.3) is 0 Å². The van der Waals surface area contributed by atoms with E-state index in [9.17, 15) is 4.39 Å². The highest BCUT2D eigenvalue weighted by Crippen LogP contribution is 2.35. The van der Waals surface area contributed by atoms with Gasteiger partial charge in [0.1, 0.15) is 17.7 Å². The van der Waals surface area contributed by atoms with E-state index >= 15 is 0 Å². The van der Waals surface area contributed by atoms with Crippen molar-refractivity contribution in [2.24, 2.45) is 5.73 Å². The van der Waals surface area contributed by atoms with Crippen LogP contribution in [0, 0.1) is 5.82 Å². The van der Waals surface area contributed by atoms with E-state index in [1.807, 2.05) is 18.2 Å². The fraction of sp³-hybridized carbons (Fsp3) is 0.250. The normalized spacial score (nSPS) is 19.0. The number of benzene rings is 2. The Labute approximate surface area is 122 Å². The molecule has 0 radical (unpaired) electrons. The molecule has 0 amide bonds. The molecule has 0 aromatic heterocycles. The van der Waals surface area contributed by atoms with Crippen LogP contribution in [0.5, 0.6) is 5.75 Å². The first-order valence-electron chi connectivity index (χ1n) is 6.61. The van der Waals surface area contributed by atoms with Crippen molar-refractivity contribution in [1.29, 1.82) is 0 Å². The standard InChI is InChI=1S/C16H16FNOS/c17-12-7-5-11(6-8-12)9-13(18)15-10-20-16-4-2-1-3-14(16)19-15/h1-8,13,15H,9-10,18H2. The lowest BCUT2D eigenvalue weighted by Crippen LogP contribution is -2.43. The van der Waals surface area contributed by atoms with Crippen LogP contribution < -0.4 is 10.5 Å². The Bertz CT molecular complexity index is 587. The monoisotopic (exact) mass is 289 g/mol. The quantitative estimate of drug-likeness (QED) is 0.942. The summed E-state index contributed by atoms with van der Waals surface area (Å²) in [4.78, 5) is 1.16. The summed E-state index contributed by atoms with van der Waals surface area (Å²) in [5.74, 6) is 1.53. The number of halogens is 1. The van der Waals surface area contributed by atoms with Crippen LogP contribution in [0.25, 0.3) is 0 Å². The second kappa shape index (κ2) is 5.85. The average Bonchev–Trinajstić information content (AvgIpc) is 2.49. The Morgan fingerprint density at radius 2 is 1.95 bits per heavy atom. The second-order valence-electron chi connectivity index (χ2n) is 4.91. The summed E-state index contributed by atoms with van der Waals surface area (Å²) in [7, 11) is 0. The van der Waals surface area contributed by atoms with Crippen LogP contribution in [0.15, 0.2) is 53.4 Å². The van der Waals surface area contributed by atoms with E-state index in [-0.39, 0.29) is 18.0 Å². The first-order chi connectivity index (χ1) is 9.72. The van der Waals surface area contributed by atoms with Crippen LogP contribution >= 0.6 is 11.8 Å².